The molecule has 0 radical (unpaired) electrons. The van der Waals surface area contributed by atoms with Crippen molar-refractivity contribution in [2.45, 2.75) is 51.1 Å². The first kappa shape index (κ1) is 31.0. The largest absolute Gasteiger partial charge is 0.497 e. The van der Waals surface area contributed by atoms with Gasteiger partial charge in [-0.1, -0.05) is 61.8 Å². The number of methoxy groups -OCH3 is 1. The van der Waals surface area contributed by atoms with E-state index in [1.807, 2.05) is 26.0 Å². The van der Waals surface area contributed by atoms with E-state index in [0.717, 1.165) is 16.3 Å². The van der Waals surface area contributed by atoms with E-state index < -0.39 is 28.5 Å². The van der Waals surface area contributed by atoms with Crippen LogP contribution in [0.1, 0.15) is 37.8 Å². The van der Waals surface area contributed by atoms with Crippen molar-refractivity contribution >= 4 is 39.1 Å². The highest BCUT2D eigenvalue weighted by molar-refractivity contribution is 7.92. The molecule has 3 aromatic rings. The highest BCUT2D eigenvalue weighted by Gasteiger charge is 2.34. The van der Waals surface area contributed by atoms with Crippen LogP contribution in [-0.4, -0.2) is 51.4 Å². The zero-order chi connectivity index (χ0) is 29.3. The first-order valence-corrected chi connectivity index (χ1v) is 15.0. The Kier molecular flexibility index (Phi) is 11.0. The van der Waals surface area contributed by atoms with Crippen LogP contribution in [0, 0.1) is 6.92 Å². The maximum Gasteiger partial charge on any atom is 0.264 e. The number of sulfonamides is 1. The van der Waals surface area contributed by atoms with E-state index in [9.17, 15) is 18.0 Å². The highest BCUT2D eigenvalue weighted by atomic mass is 35.5. The van der Waals surface area contributed by atoms with Gasteiger partial charge in [0.15, 0.2) is 0 Å². The number of benzene rings is 3. The van der Waals surface area contributed by atoms with Gasteiger partial charge in [0.2, 0.25) is 11.8 Å². The van der Waals surface area contributed by atoms with Gasteiger partial charge in [0.05, 0.1) is 17.7 Å². The lowest BCUT2D eigenvalue weighted by Gasteiger charge is -2.33. The number of anilines is 1. The normalized spacial score (nSPS) is 11.9. The lowest BCUT2D eigenvalue weighted by Crippen LogP contribution is -2.52. The van der Waals surface area contributed by atoms with Gasteiger partial charge in [0, 0.05) is 18.1 Å². The number of amides is 2. The summed E-state index contributed by atoms with van der Waals surface area (Å²) in [5.41, 5.74) is 1.58. The average Bonchev–Trinajstić information content (AvgIpc) is 2.96. The van der Waals surface area contributed by atoms with Gasteiger partial charge in [-0.15, -0.1) is 0 Å². The molecule has 3 aromatic carbocycles. The number of nitrogens with zero attached hydrogens (tertiary/aromatic N) is 2. The molecule has 0 aromatic heterocycles. The molecular formula is C30H36ClN3O5S. The molecule has 0 aliphatic heterocycles. The van der Waals surface area contributed by atoms with E-state index in [4.69, 9.17) is 16.3 Å². The third-order valence-electron chi connectivity index (χ3n) is 6.56. The molecule has 0 aliphatic carbocycles. The Labute approximate surface area is 241 Å². The molecule has 0 aliphatic rings. The van der Waals surface area contributed by atoms with Crippen LogP contribution in [0.15, 0.2) is 77.7 Å². The zero-order valence-electron chi connectivity index (χ0n) is 23.3. The molecule has 0 saturated heterocycles. The topological polar surface area (TPSA) is 96.0 Å². The number of carbonyl (C=O) groups is 2. The Hall–Kier alpha value is -3.56. The van der Waals surface area contributed by atoms with E-state index in [1.165, 1.54) is 17.0 Å². The number of hydrogen-bond acceptors (Lipinski definition) is 5. The van der Waals surface area contributed by atoms with Crippen LogP contribution in [0.2, 0.25) is 5.02 Å². The van der Waals surface area contributed by atoms with E-state index in [1.54, 1.807) is 62.6 Å². The van der Waals surface area contributed by atoms with Gasteiger partial charge in [-0.25, -0.2) is 8.42 Å². The number of rotatable bonds is 13. The molecule has 40 heavy (non-hydrogen) atoms. The van der Waals surface area contributed by atoms with E-state index >= 15 is 0 Å². The Morgan fingerprint density at radius 1 is 0.975 bits per heavy atom. The van der Waals surface area contributed by atoms with Crippen LogP contribution >= 0.6 is 11.6 Å². The van der Waals surface area contributed by atoms with Crippen LogP contribution in [-0.2, 0) is 26.2 Å². The second kappa shape index (κ2) is 14.2. The van der Waals surface area contributed by atoms with Crippen molar-refractivity contribution in [3.8, 4) is 5.75 Å². The van der Waals surface area contributed by atoms with Gasteiger partial charge in [-0.05, 0) is 67.3 Å². The standard InChI is InChI=1S/C30H36ClN3O5S/c1-5-19-32-30(36)27(6-2)33(20-23-15-17-24(39-4)18-16-23)29(35)21-34(28-14-10-13-26(31)22(28)3)40(37,38)25-11-8-7-9-12-25/h7-18,27H,5-6,19-21H2,1-4H3,(H,32,36)/t27-/m1/s1. The molecule has 0 spiro atoms. The molecule has 0 bridgehead atoms. The van der Waals surface area contributed by atoms with Crippen LogP contribution in [0.25, 0.3) is 0 Å². The predicted octanol–water partition coefficient (Wildman–Crippen LogP) is 5.19. The fraction of sp³-hybridized carbons (Fsp3) is 0.333. The van der Waals surface area contributed by atoms with Gasteiger partial charge < -0.3 is 15.0 Å². The van der Waals surface area contributed by atoms with Crippen molar-refractivity contribution in [2.75, 3.05) is 24.5 Å². The van der Waals surface area contributed by atoms with E-state index in [-0.39, 0.29) is 23.0 Å². The Morgan fingerprint density at radius 2 is 1.65 bits per heavy atom. The minimum absolute atomic E-state index is 0.0385. The maximum absolute atomic E-state index is 14.1. The quantitative estimate of drug-likeness (QED) is 0.298. The molecule has 0 saturated carbocycles. The fourth-order valence-corrected chi connectivity index (χ4v) is 5.97. The third-order valence-corrected chi connectivity index (χ3v) is 8.75. The monoisotopic (exact) mass is 585 g/mol. The molecule has 0 heterocycles. The molecule has 0 fully saturated rings. The van der Waals surface area contributed by atoms with Gasteiger partial charge >= 0.3 is 0 Å². The lowest BCUT2D eigenvalue weighted by molar-refractivity contribution is -0.140. The van der Waals surface area contributed by atoms with Crippen LogP contribution in [0.3, 0.4) is 0 Å². The Balaban J connectivity index is 2.07. The van der Waals surface area contributed by atoms with Gasteiger partial charge in [-0.2, -0.15) is 0 Å². The second-order valence-corrected chi connectivity index (χ2v) is 11.6. The van der Waals surface area contributed by atoms with Gasteiger partial charge in [-0.3, -0.25) is 13.9 Å². The number of nitrogens with one attached hydrogen (secondary N) is 1. The van der Waals surface area contributed by atoms with Crippen molar-refractivity contribution in [2.24, 2.45) is 0 Å². The number of ether oxygens (including phenoxy) is 1. The Bertz CT molecular complexity index is 1400. The van der Waals surface area contributed by atoms with Crippen molar-refractivity contribution in [1.29, 1.82) is 0 Å². The van der Waals surface area contributed by atoms with E-state index in [0.29, 0.717) is 29.3 Å². The molecular weight excluding hydrogens is 550 g/mol. The van der Waals surface area contributed by atoms with Crippen molar-refractivity contribution in [1.82, 2.24) is 10.2 Å². The highest BCUT2D eigenvalue weighted by Crippen LogP contribution is 2.31. The molecule has 2 amide bonds. The predicted molar refractivity (Wildman–Crippen MR) is 158 cm³/mol. The zero-order valence-corrected chi connectivity index (χ0v) is 24.8. The molecule has 1 atom stereocenters. The summed E-state index contributed by atoms with van der Waals surface area (Å²) in [5, 5.41) is 3.25. The summed E-state index contributed by atoms with van der Waals surface area (Å²) in [6.07, 6.45) is 1.09. The Morgan fingerprint density at radius 3 is 2.25 bits per heavy atom. The number of halogens is 1. The first-order valence-electron chi connectivity index (χ1n) is 13.2. The molecule has 0 unspecified atom stereocenters. The smallest absolute Gasteiger partial charge is 0.264 e. The maximum atomic E-state index is 14.1. The summed E-state index contributed by atoms with van der Waals surface area (Å²) in [4.78, 5) is 28.7. The van der Waals surface area contributed by atoms with Gasteiger partial charge in [0.25, 0.3) is 10.0 Å². The minimum Gasteiger partial charge on any atom is -0.497 e. The molecule has 3 rings (SSSR count). The van der Waals surface area contributed by atoms with Crippen LogP contribution < -0.4 is 14.4 Å². The molecule has 10 heteroatoms. The van der Waals surface area contributed by atoms with Crippen LogP contribution in [0.5, 0.6) is 5.75 Å². The lowest BCUT2D eigenvalue weighted by atomic mass is 10.1. The number of carbonyl (C=O) groups excluding carboxylic acids is 2. The summed E-state index contributed by atoms with van der Waals surface area (Å²) in [6.45, 7) is 5.53. The van der Waals surface area contributed by atoms with Crippen molar-refractivity contribution in [3.63, 3.8) is 0 Å². The second-order valence-electron chi connectivity index (χ2n) is 9.29. The fourth-order valence-electron chi connectivity index (χ4n) is 4.31. The summed E-state index contributed by atoms with van der Waals surface area (Å²) in [7, 11) is -2.60. The van der Waals surface area contributed by atoms with Gasteiger partial charge in [0.1, 0.15) is 18.3 Å². The average molecular weight is 586 g/mol. The molecule has 214 valence electrons. The first-order chi connectivity index (χ1) is 19.1. The van der Waals surface area contributed by atoms with Crippen molar-refractivity contribution < 1.29 is 22.7 Å². The van der Waals surface area contributed by atoms with Crippen molar-refractivity contribution in [3.05, 3.63) is 88.9 Å². The third kappa shape index (κ3) is 7.34. The van der Waals surface area contributed by atoms with Crippen LogP contribution in [0.4, 0.5) is 5.69 Å². The summed E-state index contributed by atoms with van der Waals surface area (Å²) in [6, 6.07) is 19.2. The molecule has 8 nitrogen and oxygen atoms in total. The SMILES string of the molecule is CCCNC(=O)[C@@H](CC)N(Cc1ccc(OC)cc1)C(=O)CN(c1cccc(Cl)c1C)S(=O)(=O)c1ccccc1. The summed E-state index contributed by atoms with van der Waals surface area (Å²) >= 11 is 6.37. The minimum atomic E-state index is -4.16. The number of hydrogen-bond donors (Lipinski definition) is 1. The summed E-state index contributed by atoms with van der Waals surface area (Å²) in [5.74, 6) is -0.151. The van der Waals surface area contributed by atoms with E-state index in [2.05, 4.69) is 5.32 Å². The molecule has 1 N–H and O–H groups in total. The summed E-state index contributed by atoms with van der Waals surface area (Å²) < 4.78 is 34.2.